The fraction of sp³-hybridized carbons (Fsp3) is 0.677. The Morgan fingerprint density at radius 1 is 0.776 bits per heavy atom. The molecule has 1 heterocycles. The van der Waals surface area contributed by atoms with Gasteiger partial charge < -0.3 is 48.0 Å². The molecule has 1 aliphatic rings. The molecule has 0 aromatic heterocycles. The van der Waals surface area contributed by atoms with Crippen LogP contribution in [-0.2, 0) is 65.2 Å². The SMILES string of the molecule is COC(=O)[C@H](CC(C)C)N(C)C(=O)[C@H](C)N(C)C(=O)[C@H](Cc1ccc(OC)cc1)NC(=O)/C(C)=C/[C@H](CSC(=O)[C@@H](C)[C@H](C[C@H](C)C[C@H](OC(=O)[C@@H]1CCCN1C(=O)OC(C)(C)C)C(C)(C)C)O[Si](C)(C)C(C)(C)C)OCc1ccc(OC)cc1. The zero-order valence-corrected chi connectivity index (χ0v) is 57.1. The number of likely N-dealkylation sites (tertiary alicyclic amines) is 1. The Hall–Kier alpha value is -5.44. The lowest BCUT2D eigenvalue weighted by molar-refractivity contribution is -0.161. The van der Waals surface area contributed by atoms with Crippen molar-refractivity contribution in [2.45, 2.75) is 215 Å². The van der Waals surface area contributed by atoms with Crippen LogP contribution >= 0.6 is 11.8 Å². The van der Waals surface area contributed by atoms with Crippen molar-refractivity contribution < 1.29 is 66.4 Å². The van der Waals surface area contributed by atoms with Crippen LogP contribution in [0.1, 0.15) is 147 Å². The highest BCUT2D eigenvalue weighted by Crippen LogP contribution is 2.41. The number of nitrogens with zero attached hydrogens (tertiary/aromatic N) is 3. The third-order valence-electron chi connectivity index (χ3n) is 16.1. The van der Waals surface area contributed by atoms with Crippen molar-refractivity contribution in [2.24, 2.45) is 23.2 Å². The number of benzene rings is 2. The van der Waals surface area contributed by atoms with Crippen LogP contribution < -0.4 is 14.8 Å². The Morgan fingerprint density at radius 2 is 1.34 bits per heavy atom. The van der Waals surface area contributed by atoms with E-state index in [-0.39, 0.29) is 46.3 Å². The van der Waals surface area contributed by atoms with E-state index < -0.39 is 103 Å². The molecule has 1 saturated heterocycles. The molecule has 3 rings (SSSR count). The number of esters is 2. The third kappa shape index (κ3) is 23.0. The maximum absolute atomic E-state index is 14.7. The predicted molar refractivity (Wildman–Crippen MR) is 337 cm³/mol. The molecule has 4 amide bonds. The van der Waals surface area contributed by atoms with Crippen LogP contribution in [0.2, 0.25) is 18.1 Å². The molecule has 1 N–H and O–H groups in total. The third-order valence-corrected chi connectivity index (χ3v) is 21.7. The lowest BCUT2D eigenvalue weighted by Crippen LogP contribution is -2.56. The molecule has 0 radical (unpaired) electrons. The normalized spacial score (nSPS) is 17.1. The van der Waals surface area contributed by atoms with Crippen molar-refractivity contribution in [3.63, 3.8) is 0 Å². The summed E-state index contributed by atoms with van der Waals surface area (Å²) < 4.78 is 41.4. The number of carbonyl (C=O) groups excluding carboxylic acids is 7. The zero-order valence-electron chi connectivity index (χ0n) is 55.3. The van der Waals surface area contributed by atoms with E-state index in [4.69, 9.17) is 32.8 Å². The highest BCUT2D eigenvalue weighted by molar-refractivity contribution is 8.13. The quantitative estimate of drug-likeness (QED) is 0.0348. The molecular weight excluding hydrogens is 1120 g/mol. The Bertz CT molecular complexity index is 2560. The Balaban J connectivity index is 1.97. The number of thioether (sulfide) groups is 1. The second-order valence-corrected chi connectivity index (χ2v) is 32.7. The van der Waals surface area contributed by atoms with Gasteiger partial charge in [0.25, 0.3) is 0 Å². The molecule has 0 saturated carbocycles. The monoisotopic (exact) mass is 1220 g/mol. The van der Waals surface area contributed by atoms with Gasteiger partial charge in [0.15, 0.2) is 13.4 Å². The van der Waals surface area contributed by atoms with E-state index in [0.29, 0.717) is 55.7 Å². The fourth-order valence-electron chi connectivity index (χ4n) is 9.50. The summed E-state index contributed by atoms with van der Waals surface area (Å²) in [7, 11) is 4.93. The van der Waals surface area contributed by atoms with Gasteiger partial charge in [0.1, 0.15) is 47.4 Å². The molecule has 0 unspecified atom stereocenters. The van der Waals surface area contributed by atoms with Crippen LogP contribution in [0.3, 0.4) is 0 Å². The number of ether oxygens (including phenoxy) is 6. The van der Waals surface area contributed by atoms with Gasteiger partial charge in [-0.3, -0.25) is 24.1 Å². The van der Waals surface area contributed by atoms with E-state index >= 15 is 0 Å². The molecule has 478 valence electrons. The van der Waals surface area contributed by atoms with Crippen molar-refractivity contribution >= 4 is 60.9 Å². The van der Waals surface area contributed by atoms with E-state index in [1.807, 2.05) is 65.8 Å². The van der Waals surface area contributed by atoms with Crippen LogP contribution in [0.25, 0.3) is 0 Å². The van der Waals surface area contributed by atoms with Crippen LogP contribution in [0, 0.1) is 23.2 Å². The van der Waals surface area contributed by atoms with Crippen LogP contribution in [0.15, 0.2) is 60.2 Å². The summed E-state index contributed by atoms with van der Waals surface area (Å²) in [6, 6.07) is 10.7. The topological polar surface area (TPSA) is 206 Å². The molecule has 9 atom stereocenters. The minimum atomic E-state index is -2.48. The van der Waals surface area contributed by atoms with E-state index in [0.717, 1.165) is 17.3 Å². The summed E-state index contributed by atoms with van der Waals surface area (Å²) in [5, 5.41) is 2.64. The van der Waals surface area contributed by atoms with Gasteiger partial charge in [0.2, 0.25) is 17.7 Å². The maximum atomic E-state index is 14.7. The average molecular weight is 1230 g/mol. The molecule has 2 aromatic rings. The highest BCUT2D eigenvalue weighted by Gasteiger charge is 2.44. The molecule has 2 aromatic carbocycles. The molecule has 0 spiro atoms. The van der Waals surface area contributed by atoms with Crippen molar-refractivity contribution in [1.82, 2.24) is 20.0 Å². The van der Waals surface area contributed by atoms with Gasteiger partial charge in [-0.05, 0) is 144 Å². The maximum Gasteiger partial charge on any atom is 0.411 e. The Morgan fingerprint density at radius 3 is 1.85 bits per heavy atom. The summed E-state index contributed by atoms with van der Waals surface area (Å²) in [5.41, 5.74) is 0.592. The van der Waals surface area contributed by atoms with Crippen molar-refractivity contribution in [3.05, 3.63) is 71.3 Å². The second-order valence-electron chi connectivity index (χ2n) is 26.9. The van der Waals surface area contributed by atoms with Crippen LogP contribution in [0.4, 0.5) is 4.79 Å². The molecule has 85 heavy (non-hydrogen) atoms. The van der Waals surface area contributed by atoms with E-state index in [1.165, 1.54) is 35.9 Å². The average Bonchev–Trinajstić information content (AvgIpc) is 4.20. The highest BCUT2D eigenvalue weighted by atomic mass is 32.2. The van der Waals surface area contributed by atoms with Gasteiger partial charge >= 0.3 is 18.0 Å². The van der Waals surface area contributed by atoms with Gasteiger partial charge in [0.05, 0.1) is 46.1 Å². The standard InChI is InChI=1S/C65H104N4O14SSi/c1-41(2)34-53(59(73)79-20)68(17)57(71)45(6)67(16)58(72)51(38-46-25-29-48(77-18)30-26-46)66-56(70)43(4)37-50(80-39-47-27-31-49(78-19)32-28-47)40-84-61(75)44(5)54(83-85(21,22)65(13,14)15)35-42(3)36-55(63(7,8)9)81-60(74)52-24-23-33-69(52)62(76)82-64(10,11)12/h25-32,37,41-42,44-45,50-55H,23-24,33-36,38-40H2,1-22H3,(H,66,70)/b43-37+/t42-,44-,45-,50+,51-,52-,53-,54-,55-/m0/s1. The summed E-state index contributed by atoms with van der Waals surface area (Å²) in [5.74, 6) is -1.80. The number of methoxy groups -OCH3 is 3. The Labute approximate surface area is 514 Å². The van der Waals surface area contributed by atoms with Gasteiger partial charge in [-0.2, -0.15) is 0 Å². The lowest BCUT2D eigenvalue weighted by Gasteiger charge is -2.42. The zero-order chi connectivity index (χ0) is 64.5. The predicted octanol–water partition coefficient (Wildman–Crippen LogP) is 11.2. The van der Waals surface area contributed by atoms with Crippen LogP contribution in [0.5, 0.6) is 11.5 Å². The number of nitrogens with one attached hydrogen (secondary N) is 1. The number of carbonyl (C=O) groups is 7. The fourth-order valence-corrected chi connectivity index (χ4v) is 11.8. The minimum absolute atomic E-state index is 0.0632. The minimum Gasteiger partial charge on any atom is -0.497 e. The molecule has 1 fully saturated rings. The van der Waals surface area contributed by atoms with E-state index in [9.17, 15) is 33.6 Å². The van der Waals surface area contributed by atoms with Crippen molar-refractivity contribution in [2.75, 3.05) is 47.7 Å². The van der Waals surface area contributed by atoms with Gasteiger partial charge in [-0.15, -0.1) is 0 Å². The first kappa shape index (κ1) is 73.8. The number of amides is 4. The largest absolute Gasteiger partial charge is 0.497 e. The number of rotatable bonds is 29. The summed E-state index contributed by atoms with van der Waals surface area (Å²) in [6.07, 6.45) is 1.86. The van der Waals surface area contributed by atoms with Crippen molar-refractivity contribution in [1.29, 1.82) is 0 Å². The van der Waals surface area contributed by atoms with E-state index in [1.54, 1.807) is 79.2 Å². The second kappa shape index (κ2) is 32.5. The Kier molecular flexibility index (Phi) is 28.2. The molecule has 18 nitrogen and oxygen atoms in total. The number of hydrogen-bond acceptors (Lipinski definition) is 15. The van der Waals surface area contributed by atoms with Gasteiger partial charge in [-0.25, -0.2) is 14.4 Å². The van der Waals surface area contributed by atoms with Gasteiger partial charge in [0, 0.05) is 38.4 Å². The van der Waals surface area contributed by atoms with Gasteiger partial charge in [-0.1, -0.05) is 105 Å². The molecule has 0 bridgehead atoms. The lowest BCUT2D eigenvalue weighted by atomic mass is 9.81. The number of hydrogen-bond donors (Lipinski definition) is 1. The van der Waals surface area contributed by atoms with Crippen LogP contribution in [-0.4, -0.2) is 160 Å². The number of likely N-dealkylation sites (N-methyl/N-ethyl adjacent to an activating group) is 2. The first-order valence-corrected chi connectivity index (χ1v) is 33.8. The first-order chi connectivity index (χ1) is 39.3. The molecule has 0 aliphatic carbocycles. The molecular formula is C65H104N4O14SSi. The molecule has 1 aliphatic heterocycles. The first-order valence-electron chi connectivity index (χ1n) is 29.9. The van der Waals surface area contributed by atoms with E-state index in [2.05, 4.69) is 46.1 Å². The summed E-state index contributed by atoms with van der Waals surface area (Å²) in [6.45, 7) is 33.9. The summed E-state index contributed by atoms with van der Waals surface area (Å²) in [4.78, 5) is 102. The smallest absolute Gasteiger partial charge is 0.411 e. The summed E-state index contributed by atoms with van der Waals surface area (Å²) >= 11 is 1.09. The van der Waals surface area contributed by atoms with Crippen molar-refractivity contribution in [3.8, 4) is 11.5 Å². The molecule has 20 heteroatoms.